The molecule has 1 heterocycles. The van der Waals surface area contributed by atoms with E-state index in [0.29, 0.717) is 15.6 Å². The van der Waals surface area contributed by atoms with Crippen LogP contribution in [0, 0.1) is 6.92 Å². The number of hydrogen-bond acceptors (Lipinski definition) is 6. The maximum Gasteiger partial charge on any atom is 0.281 e. The molecular formula is C18H15N3O4S. The number of hydrazine groups is 1. The summed E-state index contributed by atoms with van der Waals surface area (Å²) in [5, 5.41) is 20.0. The molecule has 0 saturated heterocycles. The van der Waals surface area contributed by atoms with Gasteiger partial charge >= 0.3 is 0 Å². The summed E-state index contributed by atoms with van der Waals surface area (Å²) in [6, 6.07) is 13.3. The van der Waals surface area contributed by atoms with Crippen LogP contribution in [0.15, 0.2) is 48.5 Å². The average molecular weight is 369 g/mol. The molecule has 0 aliphatic carbocycles. The Bertz CT molecular complexity index is 950. The lowest BCUT2D eigenvalue weighted by molar-refractivity contribution is 0.0845. The molecule has 1 aromatic heterocycles. The van der Waals surface area contributed by atoms with Crippen molar-refractivity contribution in [2.24, 2.45) is 0 Å². The molecule has 0 bridgehead atoms. The summed E-state index contributed by atoms with van der Waals surface area (Å²) in [6.07, 6.45) is 0. The van der Waals surface area contributed by atoms with Crippen molar-refractivity contribution < 1.29 is 19.8 Å². The van der Waals surface area contributed by atoms with E-state index in [0.717, 1.165) is 5.56 Å². The Kier molecular flexibility index (Phi) is 4.85. The Morgan fingerprint density at radius 2 is 1.54 bits per heavy atom. The number of aromatic nitrogens is 1. The van der Waals surface area contributed by atoms with E-state index in [9.17, 15) is 19.8 Å². The average Bonchev–Trinajstić information content (AvgIpc) is 3.02. The summed E-state index contributed by atoms with van der Waals surface area (Å²) in [5.74, 6) is -2.15. The summed E-state index contributed by atoms with van der Waals surface area (Å²) in [6.45, 7) is 1.70. The molecule has 7 nitrogen and oxygen atoms in total. The second kappa shape index (κ2) is 7.24. The van der Waals surface area contributed by atoms with Gasteiger partial charge in [0.15, 0.2) is 0 Å². The van der Waals surface area contributed by atoms with Crippen LogP contribution < -0.4 is 10.9 Å². The minimum atomic E-state index is -0.834. The summed E-state index contributed by atoms with van der Waals surface area (Å²) in [4.78, 5) is 29.1. The van der Waals surface area contributed by atoms with Crippen LogP contribution in [0.2, 0.25) is 0 Å². The van der Waals surface area contributed by atoms with Crippen molar-refractivity contribution >= 4 is 23.2 Å². The summed E-state index contributed by atoms with van der Waals surface area (Å²) < 4.78 is 0. The van der Waals surface area contributed by atoms with Crippen LogP contribution in [0.1, 0.15) is 25.7 Å². The smallest absolute Gasteiger partial charge is 0.281 e. The summed E-state index contributed by atoms with van der Waals surface area (Å²) in [5.41, 5.74) is 5.55. The number of nitrogens with zero attached hydrogens (tertiary/aromatic N) is 1. The first kappa shape index (κ1) is 17.4. The highest BCUT2D eigenvalue weighted by Crippen LogP contribution is 2.28. The molecule has 0 unspecified atom stereocenters. The van der Waals surface area contributed by atoms with Crippen LogP contribution >= 0.6 is 11.3 Å². The third-order valence-electron chi connectivity index (χ3n) is 3.56. The number of aromatic hydroxyl groups is 2. The van der Waals surface area contributed by atoms with Crippen molar-refractivity contribution in [3.8, 4) is 22.1 Å². The molecule has 0 spiro atoms. The highest BCUT2D eigenvalue weighted by atomic mass is 32.1. The third kappa shape index (κ3) is 3.50. The first-order valence-electron chi connectivity index (χ1n) is 7.62. The zero-order chi connectivity index (χ0) is 18.7. The standard InChI is InChI=1S/C18H15N3O4S/c1-10-15(26-18(19-10)11-6-3-2-4-7-11)17(25)21-20-16(24)14-12(22)8-5-9-13(14)23/h2-9,22-23H,1H3,(H,20,24)(H,21,25). The van der Waals surface area contributed by atoms with E-state index in [1.54, 1.807) is 6.92 Å². The predicted octanol–water partition coefficient (Wildman–Crippen LogP) is 2.60. The number of thiazole rings is 1. The van der Waals surface area contributed by atoms with Gasteiger partial charge in [0, 0.05) is 5.56 Å². The van der Waals surface area contributed by atoms with Crippen molar-refractivity contribution in [2.75, 3.05) is 0 Å². The minimum Gasteiger partial charge on any atom is -0.507 e. The molecule has 0 radical (unpaired) electrons. The van der Waals surface area contributed by atoms with E-state index in [4.69, 9.17) is 0 Å². The molecular weight excluding hydrogens is 354 g/mol. The van der Waals surface area contributed by atoms with Gasteiger partial charge in [0.1, 0.15) is 26.9 Å². The largest absolute Gasteiger partial charge is 0.507 e. The van der Waals surface area contributed by atoms with E-state index >= 15 is 0 Å². The third-order valence-corrected chi connectivity index (χ3v) is 4.77. The Morgan fingerprint density at radius 1 is 0.923 bits per heavy atom. The Hall–Kier alpha value is -3.39. The quantitative estimate of drug-likeness (QED) is 0.530. The van der Waals surface area contributed by atoms with Gasteiger partial charge in [0.05, 0.1) is 5.69 Å². The first-order valence-corrected chi connectivity index (χ1v) is 8.43. The SMILES string of the molecule is Cc1nc(-c2ccccc2)sc1C(=O)NNC(=O)c1c(O)cccc1O. The molecule has 26 heavy (non-hydrogen) atoms. The summed E-state index contributed by atoms with van der Waals surface area (Å²) >= 11 is 1.20. The number of benzene rings is 2. The van der Waals surface area contributed by atoms with Gasteiger partial charge in [-0.1, -0.05) is 36.4 Å². The number of aryl methyl sites for hydroxylation is 1. The summed E-state index contributed by atoms with van der Waals surface area (Å²) in [7, 11) is 0. The number of carbonyl (C=O) groups excluding carboxylic acids is 2. The van der Waals surface area contributed by atoms with Gasteiger partial charge in [-0.2, -0.15) is 0 Å². The molecule has 132 valence electrons. The van der Waals surface area contributed by atoms with Gasteiger partial charge in [-0.3, -0.25) is 20.4 Å². The van der Waals surface area contributed by atoms with Gasteiger partial charge in [-0.25, -0.2) is 4.98 Å². The van der Waals surface area contributed by atoms with Crippen molar-refractivity contribution in [2.45, 2.75) is 6.92 Å². The highest BCUT2D eigenvalue weighted by Gasteiger charge is 2.19. The molecule has 3 rings (SSSR count). The van der Waals surface area contributed by atoms with Crippen LogP contribution in [0.25, 0.3) is 10.6 Å². The van der Waals surface area contributed by atoms with Crippen LogP contribution in [0.3, 0.4) is 0 Å². The lowest BCUT2D eigenvalue weighted by Gasteiger charge is -2.09. The van der Waals surface area contributed by atoms with Crippen molar-refractivity contribution in [3.63, 3.8) is 0 Å². The zero-order valence-corrected chi connectivity index (χ0v) is 14.5. The van der Waals surface area contributed by atoms with E-state index < -0.39 is 23.3 Å². The van der Waals surface area contributed by atoms with Crippen molar-refractivity contribution in [3.05, 3.63) is 64.7 Å². The van der Waals surface area contributed by atoms with Gasteiger partial charge in [0.2, 0.25) is 0 Å². The van der Waals surface area contributed by atoms with Gasteiger partial charge in [-0.15, -0.1) is 11.3 Å². The number of amides is 2. The van der Waals surface area contributed by atoms with Gasteiger partial charge < -0.3 is 10.2 Å². The molecule has 0 saturated carbocycles. The molecule has 4 N–H and O–H groups in total. The molecule has 0 aliphatic rings. The van der Waals surface area contributed by atoms with Crippen LogP contribution in [-0.2, 0) is 0 Å². The Morgan fingerprint density at radius 3 is 2.19 bits per heavy atom. The van der Waals surface area contributed by atoms with E-state index in [2.05, 4.69) is 15.8 Å². The van der Waals surface area contributed by atoms with Crippen LogP contribution in [-0.4, -0.2) is 27.0 Å². The number of phenols is 2. The van der Waals surface area contributed by atoms with E-state index in [1.165, 1.54) is 29.5 Å². The van der Waals surface area contributed by atoms with Crippen LogP contribution in [0.4, 0.5) is 0 Å². The topological polar surface area (TPSA) is 112 Å². The van der Waals surface area contributed by atoms with Crippen LogP contribution in [0.5, 0.6) is 11.5 Å². The molecule has 2 amide bonds. The molecule has 0 atom stereocenters. The molecule has 2 aromatic carbocycles. The fraction of sp³-hybridized carbons (Fsp3) is 0.0556. The van der Waals surface area contributed by atoms with Gasteiger partial charge in [0.25, 0.3) is 11.8 Å². The maximum absolute atomic E-state index is 12.3. The number of carbonyl (C=O) groups is 2. The van der Waals surface area contributed by atoms with Crippen molar-refractivity contribution in [1.82, 2.24) is 15.8 Å². The minimum absolute atomic E-state index is 0.321. The Labute approximate surface area is 152 Å². The molecule has 0 aliphatic heterocycles. The first-order chi connectivity index (χ1) is 12.5. The van der Waals surface area contributed by atoms with E-state index in [-0.39, 0.29) is 5.56 Å². The molecule has 3 aromatic rings. The Balaban J connectivity index is 1.73. The molecule has 8 heteroatoms. The second-order valence-electron chi connectivity index (χ2n) is 5.38. The van der Waals surface area contributed by atoms with E-state index in [1.807, 2.05) is 30.3 Å². The number of hydrogen-bond donors (Lipinski definition) is 4. The van der Waals surface area contributed by atoms with Crippen molar-refractivity contribution in [1.29, 1.82) is 0 Å². The zero-order valence-electron chi connectivity index (χ0n) is 13.7. The number of rotatable bonds is 3. The maximum atomic E-state index is 12.3. The van der Waals surface area contributed by atoms with Gasteiger partial charge in [-0.05, 0) is 19.1 Å². The second-order valence-corrected chi connectivity index (χ2v) is 6.38. The number of phenolic OH excluding ortho intramolecular Hbond substituents is 2. The highest BCUT2D eigenvalue weighted by molar-refractivity contribution is 7.17. The molecule has 0 fully saturated rings. The predicted molar refractivity (Wildman–Crippen MR) is 97.0 cm³/mol. The lowest BCUT2D eigenvalue weighted by atomic mass is 10.1. The number of nitrogens with one attached hydrogen (secondary N) is 2. The fourth-order valence-corrected chi connectivity index (χ4v) is 3.27. The lowest BCUT2D eigenvalue weighted by Crippen LogP contribution is -2.41. The monoisotopic (exact) mass is 369 g/mol. The fourth-order valence-electron chi connectivity index (χ4n) is 2.31. The normalized spacial score (nSPS) is 10.3.